The summed E-state index contributed by atoms with van der Waals surface area (Å²) in [7, 11) is 1.63. The van der Waals surface area contributed by atoms with Crippen LogP contribution in [-0.4, -0.2) is 13.0 Å². The molecule has 3 aromatic carbocycles. The number of hydrogen-bond donors (Lipinski definition) is 1. The van der Waals surface area contributed by atoms with Gasteiger partial charge in [-0.05, 0) is 54.3 Å². The van der Waals surface area contributed by atoms with Gasteiger partial charge in [-0.15, -0.1) is 0 Å². The van der Waals surface area contributed by atoms with Crippen molar-refractivity contribution in [1.29, 1.82) is 0 Å². The van der Waals surface area contributed by atoms with E-state index in [0.29, 0.717) is 11.4 Å². The Balaban J connectivity index is 1.95. The van der Waals surface area contributed by atoms with Crippen LogP contribution in [0.3, 0.4) is 0 Å². The van der Waals surface area contributed by atoms with Gasteiger partial charge in [-0.3, -0.25) is 4.79 Å². The Morgan fingerprint density at radius 3 is 2.63 bits per heavy atom. The number of aryl methyl sites for hydroxylation is 1. The Bertz CT molecular complexity index is 1030. The van der Waals surface area contributed by atoms with Crippen molar-refractivity contribution in [2.24, 2.45) is 0 Å². The first kappa shape index (κ1) is 17.6. The zero-order valence-electron chi connectivity index (χ0n) is 15.3. The van der Waals surface area contributed by atoms with E-state index in [1.807, 2.05) is 48.5 Å². The van der Waals surface area contributed by atoms with Crippen molar-refractivity contribution in [2.75, 3.05) is 12.4 Å². The van der Waals surface area contributed by atoms with E-state index in [4.69, 9.17) is 16.3 Å². The summed E-state index contributed by atoms with van der Waals surface area (Å²) >= 11 is 6.17. The van der Waals surface area contributed by atoms with Gasteiger partial charge < -0.3 is 10.1 Å². The number of halogens is 1. The number of amides is 1. The highest BCUT2D eigenvalue weighted by molar-refractivity contribution is 6.31. The van der Waals surface area contributed by atoms with E-state index in [9.17, 15) is 4.79 Å². The van der Waals surface area contributed by atoms with Gasteiger partial charge >= 0.3 is 0 Å². The Morgan fingerprint density at radius 2 is 1.85 bits per heavy atom. The fourth-order valence-corrected chi connectivity index (χ4v) is 4.10. The highest BCUT2D eigenvalue weighted by atomic mass is 35.5. The fourth-order valence-electron chi connectivity index (χ4n) is 3.92. The highest BCUT2D eigenvalue weighted by Crippen LogP contribution is 2.46. The molecule has 4 heteroatoms. The molecule has 0 bridgehead atoms. The lowest BCUT2D eigenvalue weighted by Gasteiger charge is -2.29. The molecule has 1 atom stereocenters. The number of carbonyl (C=O) groups excluding carboxylic acids is 1. The first-order chi connectivity index (χ1) is 13.0. The molecular weight excluding hydrogens is 358 g/mol. The molecule has 27 heavy (non-hydrogen) atoms. The molecule has 3 aromatic rings. The van der Waals surface area contributed by atoms with Gasteiger partial charge in [0.05, 0.1) is 7.11 Å². The minimum Gasteiger partial charge on any atom is -0.497 e. The van der Waals surface area contributed by atoms with E-state index in [0.717, 1.165) is 28.1 Å². The summed E-state index contributed by atoms with van der Waals surface area (Å²) in [6.45, 7) is 2.06. The SMILES string of the molecule is COc1cccc(C2(Cc3cccc(C)c3)C(=O)Nc3cc(Cl)ccc32)c1. The molecule has 4 rings (SSSR count). The van der Waals surface area contributed by atoms with E-state index in [1.165, 1.54) is 5.56 Å². The van der Waals surface area contributed by atoms with E-state index in [2.05, 4.69) is 30.4 Å². The van der Waals surface area contributed by atoms with Crippen molar-refractivity contribution in [2.45, 2.75) is 18.8 Å². The molecule has 1 aliphatic heterocycles. The lowest BCUT2D eigenvalue weighted by atomic mass is 9.71. The van der Waals surface area contributed by atoms with Crippen LogP contribution in [0.4, 0.5) is 5.69 Å². The monoisotopic (exact) mass is 377 g/mol. The Hall–Kier alpha value is -2.78. The van der Waals surface area contributed by atoms with E-state index >= 15 is 0 Å². The third kappa shape index (κ3) is 2.98. The molecule has 1 aliphatic rings. The summed E-state index contributed by atoms with van der Waals surface area (Å²) in [6, 6.07) is 21.6. The number of benzene rings is 3. The molecule has 1 heterocycles. The second kappa shape index (κ2) is 6.75. The number of anilines is 1. The fraction of sp³-hybridized carbons (Fsp3) is 0.174. The van der Waals surface area contributed by atoms with Crippen molar-refractivity contribution in [3.8, 4) is 5.75 Å². The Labute approximate surface area is 163 Å². The number of carbonyl (C=O) groups is 1. The molecule has 0 radical (unpaired) electrons. The first-order valence-corrected chi connectivity index (χ1v) is 9.22. The molecule has 0 saturated heterocycles. The predicted molar refractivity (Wildman–Crippen MR) is 109 cm³/mol. The smallest absolute Gasteiger partial charge is 0.239 e. The van der Waals surface area contributed by atoms with Crippen LogP contribution in [0.15, 0.2) is 66.7 Å². The van der Waals surface area contributed by atoms with Crippen LogP contribution in [0.2, 0.25) is 5.02 Å². The van der Waals surface area contributed by atoms with Crippen LogP contribution in [0, 0.1) is 6.92 Å². The molecule has 1 amide bonds. The van der Waals surface area contributed by atoms with Gasteiger partial charge in [0.2, 0.25) is 5.91 Å². The molecule has 1 unspecified atom stereocenters. The van der Waals surface area contributed by atoms with Gasteiger partial charge in [-0.25, -0.2) is 0 Å². The van der Waals surface area contributed by atoms with Crippen molar-refractivity contribution in [3.05, 3.63) is 94.0 Å². The molecule has 0 aromatic heterocycles. The first-order valence-electron chi connectivity index (χ1n) is 8.84. The summed E-state index contributed by atoms with van der Waals surface area (Å²) in [5.74, 6) is 0.681. The second-order valence-electron chi connectivity index (χ2n) is 6.95. The highest BCUT2D eigenvalue weighted by Gasteiger charge is 2.48. The van der Waals surface area contributed by atoms with E-state index in [-0.39, 0.29) is 5.91 Å². The summed E-state index contributed by atoms with van der Waals surface area (Å²) in [4.78, 5) is 13.4. The van der Waals surface area contributed by atoms with Crippen LogP contribution < -0.4 is 10.1 Å². The predicted octanol–water partition coefficient (Wildman–Crippen LogP) is 5.14. The Kier molecular flexibility index (Phi) is 4.40. The minimum atomic E-state index is -0.831. The molecule has 1 N–H and O–H groups in total. The molecule has 0 saturated carbocycles. The number of fused-ring (bicyclic) bond motifs is 1. The quantitative estimate of drug-likeness (QED) is 0.683. The molecule has 3 nitrogen and oxygen atoms in total. The standard InChI is InChI=1S/C23H20ClNO2/c1-15-5-3-6-16(11-15)14-23(17-7-4-8-19(12-17)27-2)20-10-9-18(24)13-21(20)25-22(23)26/h3-13H,14H2,1-2H3,(H,25,26). The van der Waals surface area contributed by atoms with Crippen LogP contribution in [0.1, 0.15) is 22.3 Å². The molecule has 0 aliphatic carbocycles. The van der Waals surface area contributed by atoms with Gasteiger partial charge in [0.15, 0.2) is 0 Å². The lowest BCUT2D eigenvalue weighted by molar-refractivity contribution is -0.119. The van der Waals surface area contributed by atoms with Gasteiger partial charge in [-0.2, -0.15) is 0 Å². The zero-order chi connectivity index (χ0) is 19.0. The molecule has 0 spiro atoms. The zero-order valence-corrected chi connectivity index (χ0v) is 16.0. The van der Waals surface area contributed by atoms with Crippen molar-refractivity contribution >= 4 is 23.2 Å². The molecule has 136 valence electrons. The topological polar surface area (TPSA) is 38.3 Å². The summed E-state index contributed by atoms with van der Waals surface area (Å²) in [5, 5.41) is 3.64. The number of ether oxygens (including phenoxy) is 1. The van der Waals surface area contributed by atoms with Gasteiger partial charge in [0, 0.05) is 10.7 Å². The van der Waals surface area contributed by atoms with Crippen molar-refractivity contribution < 1.29 is 9.53 Å². The van der Waals surface area contributed by atoms with Crippen LogP contribution in [0.5, 0.6) is 5.75 Å². The maximum atomic E-state index is 13.4. The van der Waals surface area contributed by atoms with Crippen LogP contribution in [0.25, 0.3) is 0 Å². The van der Waals surface area contributed by atoms with E-state index < -0.39 is 5.41 Å². The van der Waals surface area contributed by atoms with Gasteiger partial charge in [-0.1, -0.05) is 59.6 Å². The third-order valence-electron chi connectivity index (χ3n) is 5.19. The van der Waals surface area contributed by atoms with Crippen LogP contribution in [-0.2, 0) is 16.6 Å². The molecular formula is C23H20ClNO2. The molecule has 0 fully saturated rings. The second-order valence-corrected chi connectivity index (χ2v) is 7.38. The van der Waals surface area contributed by atoms with Crippen LogP contribution >= 0.6 is 11.6 Å². The number of nitrogens with one attached hydrogen (secondary N) is 1. The summed E-state index contributed by atoms with van der Waals surface area (Å²) in [5.41, 5.74) is 4.05. The minimum absolute atomic E-state index is 0.0467. The lowest BCUT2D eigenvalue weighted by Crippen LogP contribution is -2.38. The van der Waals surface area contributed by atoms with E-state index in [1.54, 1.807) is 7.11 Å². The number of hydrogen-bond acceptors (Lipinski definition) is 2. The van der Waals surface area contributed by atoms with Crippen molar-refractivity contribution in [1.82, 2.24) is 0 Å². The van der Waals surface area contributed by atoms with Gasteiger partial charge in [0.25, 0.3) is 0 Å². The average molecular weight is 378 g/mol. The number of rotatable bonds is 4. The third-order valence-corrected chi connectivity index (χ3v) is 5.43. The normalized spacial score (nSPS) is 18.1. The maximum absolute atomic E-state index is 13.4. The Morgan fingerprint density at radius 1 is 1.04 bits per heavy atom. The number of methoxy groups -OCH3 is 1. The summed E-state index contributed by atoms with van der Waals surface area (Å²) in [6.07, 6.45) is 0.558. The average Bonchev–Trinajstić information content (AvgIpc) is 2.93. The maximum Gasteiger partial charge on any atom is 0.239 e. The summed E-state index contributed by atoms with van der Waals surface area (Å²) < 4.78 is 5.42. The van der Waals surface area contributed by atoms with Crippen molar-refractivity contribution in [3.63, 3.8) is 0 Å². The van der Waals surface area contributed by atoms with Gasteiger partial charge in [0.1, 0.15) is 11.2 Å². The largest absolute Gasteiger partial charge is 0.497 e.